The summed E-state index contributed by atoms with van der Waals surface area (Å²) >= 11 is 2.31. The summed E-state index contributed by atoms with van der Waals surface area (Å²) in [6, 6.07) is 6.58. The van der Waals surface area contributed by atoms with Gasteiger partial charge in [0.05, 0.1) is 10.7 Å². The van der Waals surface area contributed by atoms with Gasteiger partial charge < -0.3 is 14.4 Å². The van der Waals surface area contributed by atoms with Gasteiger partial charge in [-0.25, -0.2) is 4.79 Å². The third kappa shape index (κ3) is 6.02. The second-order valence-electron chi connectivity index (χ2n) is 7.57. The lowest BCUT2D eigenvalue weighted by molar-refractivity contribution is 0.0149. The van der Waals surface area contributed by atoms with E-state index in [-0.39, 0.29) is 12.1 Å². The van der Waals surface area contributed by atoms with Crippen LogP contribution < -0.4 is 4.74 Å². The van der Waals surface area contributed by atoms with Crippen molar-refractivity contribution in [3.8, 4) is 5.75 Å². The van der Waals surface area contributed by atoms with Crippen LogP contribution in [-0.4, -0.2) is 54.8 Å². The van der Waals surface area contributed by atoms with Crippen LogP contribution in [0.1, 0.15) is 39.2 Å². The highest BCUT2D eigenvalue weighted by molar-refractivity contribution is 14.1. The van der Waals surface area contributed by atoms with E-state index in [1.54, 1.807) is 12.0 Å². The zero-order chi connectivity index (χ0) is 18.6. The van der Waals surface area contributed by atoms with E-state index >= 15 is 0 Å². The van der Waals surface area contributed by atoms with Crippen molar-refractivity contribution >= 4 is 28.7 Å². The monoisotopic (exact) mass is 460 g/mol. The molecule has 1 heterocycles. The average Bonchev–Trinajstić information content (AvgIpc) is 2.53. The normalized spacial score (nSPS) is 16.6. The number of methoxy groups -OCH3 is 1. The average molecular weight is 460 g/mol. The number of amides is 1. The predicted molar refractivity (Wildman–Crippen MR) is 108 cm³/mol. The highest BCUT2D eigenvalue weighted by Gasteiger charge is 2.28. The van der Waals surface area contributed by atoms with E-state index in [9.17, 15) is 4.79 Å². The summed E-state index contributed by atoms with van der Waals surface area (Å²) in [5, 5.41) is 0. The number of hydrogen-bond donors (Lipinski definition) is 0. The van der Waals surface area contributed by atoms with Crippen LogP contribution in [0.3, 0.4) is 0 Å². The quantitative estimate of drug-likeness (QED) is 0.634. The Labute approximate surface area is 164 Å². The first-order valence-corrected chi connectivity index (χ1v) is 9.78. The molecule has 0 aliphatic carbocycles. The van der Waals surface area contributed by atoms with Crippen LogP contribution >= 0.6 is 22.6 Å². The molecule has 5 nitrogen and oxygen atoms in total. The maximum Gasteiger partial charge on any atom is 0.410 e. The largest absolute Gasteiger partial charge is 0.496 e. The van der Waals surface area contributed by atoms with Crippen molar-refractivity contribution in [3.63, 3.8) is 0 Å². The number of likely N-dealkylation sites (tertiary alicyclic amines) is 1. The van der Waals surface area contributed by atoms with E-state index < -0.39 is 5.60 Å². The van der Waals surface area contributed by atoms with Crippen molar-refractivity contribution in [1.29, 1.82) is 0 Å². The molecule has 0 atom stereocenters. The summed E-state index contributed by atoms with van der Waals surface area (Å²) in [5.41, 5.74) is 0.849. The van der Waals surface area contributed by atoms with Crippen LogP contribution in [0.5, 0.6) is 5.75 Å². The number of halogens is 1. The van der Waals surface area contributed by atoms with E-state index in [0.29, 0.717) is 0 Å². The van der Waals surface area contributed by atoms with E-state index in [1.165, 1.54) is 5.56 Å². The van der Waals surface area contributed by atoms with Gasteiger partial charge in [0.25, 0.3) is 0 Å². The second kappa shape index (κ2) is 8.58. The molecular weight excluding hydrogens is 431 g/mol. The fraction of sp³-hybridized carbons (Fsp3) is 0.632. The summed E-state index contributed by atoms with van der Waals surface area (Å²) in [7, 11) is 3.54. The number of ether oxygens (including phenoxy) is 2. The van der Waals surface area contributed by atoms with Gasteiger partial charge >= 0.3 is 6.09 Å². The fourth-order valence-corrected chi connectivity index (χ4v) is 3.81. The van der Waals surface area contributed by atoms with Crippen LogP contribution in [0, 0.1) is 3.57 Å². The first kappa shape index (κ1) is 20.3. The smallest absolute Gasteiger partial charge is 0.410 e. The number of hydrogen-bond acceptors (Lipinski definition) is 4. The molecule has 1 aliphatic rings. The molecule has 6 heteroatoms. The van der Waals surface area contributed by atoms with Crippen molar-refractivity contribution in [2.75, 3.05) is 27.2 Å². The molecule has 1 aromatic carbocycles. The third-order valence-electron chi connectivity index (χ3n) is 4.41. The van der Waals surface area contributed by atoms with Crippen LogP contribution in [0.25, 0.3) is 0 Å². The minimum Gasteiger partial charge on any atom is -0.496 e. The van der Waals surface area contributed by atoms with Gasteiger partial charge in [0.15, 0.2) is 0 Å². The van der Waals surface area contributed by atoms with Crippen LogP contribution in [-0.2, 0) is 11.3 Å². The molecule has 0 radical (unpaired) electrons. The molecule has 0 unspecified atom stereocenters. The van der Waals surface area contributed by atoms with Gasteiger partial charge in [0.1, 0.15) is 11.4 Å². The van der Waals surface area contributed by atoms with Crippen molar-refractivity contribution in [2.45, 2.75) is 51.8 Å². The Bertz CT molecular complexity index is 593. The van der Waals surface area contributed by atoms with Crippen LogP contribution in [0.4, 0.5) is 4.79 Å². The molecule has 1 saturated heterocycles. The lowest BCUT2D eigenvalue weighted by atomic mass is 10.0. The SMILES string of the molecule is COc1ccc(CN2CCC(N(C)C(=O)OC(C)(C)C)CC2)cc1I. The van der Waals surface area contributed by atoms with E-state index in [2.05, 4.69) is 39.6 Å². The van der Waals surface area contributed by atoms with Gasteiger partial charge in [0.2, 0.25) is 0 Å². The highest BCUT2D eigenvalue weighted by Crippen LogP contribution is 2.24. The highest BCUT2D eigenvalue weighted by atomic mass is 127. The molecule has 0 aromatic heterocycles. The summed E-state index contributed by atoms with van der Waals surface area (Å²) in [5.74, 6) is 0.919. The Kier molecular flexibility index (Phi) is 6.96. The molecule has 1 aliphatic heterocycles. The third-order valence-corrected chi connectivity index (χ3v) is 5.25. The molecule has 1 amide bonds. The summed E-state index contributed by atoms with van der Waals surface area (Å²) in [4.78, 5) is 16.4. The minimum absolute atomic E-state index is 0.226. The summed E-state index contributed by atoms with van der Waals surface area (Å²) < 4.78 is 11.9. The van der Waals surface area contributed by atoms with Gasteiger partial charge in [-0.1, -0.05) is 6.07 Å². The summed E-state index contributed by atoms with van der Waals surface area (Å²) in [6.07, 6.45) is 1.72. The second-order valence-corrected chi connectivity index (χ2v) is 8.73. The molecular formula is C19H29IN2O3. The maximum atomic E-state index is 12.2. The maximum absolute atomic E-state index is 12.2. The molecule has 0 N–H and O–H groups in total. The number of rotatable bonds is 4. The zero-order valence-corrected chi connectivity index (χ0v) is 18.0. The Morgan fingerprint density at radius 1 is 1.32 bits per heavy atom. The van der Waals surface area contributed by atoms with E-state index in [1.807, 2.05) is 33.9 Å². The molecule has 1 fully saturated rings. The van der Waals surface area contributed by atoms with Crippen LogP contribution in [0.2, 0.25) is 0 Å². The topological polar surface area (TPSA) is 42.0 Å². The van der Waals surface area contributed by atoms with Gasteiger partial charge in [-0.2, -0.15) is 0 Å². The first-order valence-electron chi connectivity index (χ1n) is 8.70. The van der Waals surface area contributed by atoms with Gasteiger partial charge in [-0.15, -0.1) is 0 Å². The van der Waals surface area contributed by atoms with Crippen molar-refractivity contribution in [3.05, 3.63) is 27.3 Å². The number of carbonyl (C=O) groups excluding carboxylic acids is 1. The molecule has 1 aromatic rings. The number of nitrogens with zero attached hydrogens (tertiary/aromatic N) is 2. The van der Waals surface area contributed by atoms with Crippen molar-refractivity contribution in [1.82, 2.24) is 9.80 Å². The Balaban J connectivity index is 1.85. The Hall–Kier alpha value is -1.02. The van der Waals surface area contributed by atoms with E-state index in [4.69, 9.17) is 9.47 Å². The lowest BCUT2D eigenvalue weighted by Crippen LogP contribution is -2.46. The Morgan fingerprint density at radius 3 is 2.48 bits per heavy atom. The molecule has 0 bridgehead atoms. The molecule has 25 heavy (non-hydrogen) atoms. The predicted octanol–water partition coefficient (Wildman–Crippen LogP) is 4.13. The van der Waals surface area contributed by atoms with Crippen molar-refractivity contribution in [2.24, 2.45) is 0 Å². The number of piperidine rings is 1. The Morgan fingerprint density at radius 2 is 1.96 bits per heavy atom. The molecule has 0 spiro atoms. The standard InChI is InChI=1S/C19H29IN2O3/c1-19(2,3)25-18(23)21(4)15-8-10-22(11-9-15)13-14-6-7-17(24-5)16(20)12-14/h6-7,12,15H,8-11,13H2,1-5H3. The van der Waals surface area contributed by atoms with Gasteiger partial charge in [-0.05, 0) is 73.9 Å². The van der Waals surface area contributed by atoms with E-state index in [0.717, 1.165) is 41.8 Å². The lowest BCUT2D eigenvalue weighted by Gasteiger charge is -2.37. The minimum atomic E-state index is -0.447. The number of benzene rings is 1. The summed E-state index contributed by atoms with van der Waals surface area (Å²) in [6.45, 7) is 8.61. The number of carbonyl (C=O) groups is 1. The molecule has 0 saturated carbocycles. The van der Waals surface area contributed by atoms with Crippen LogP contribution in [0.15, 0.2) is 18.2 Å². The van der Waals surface area contributed by atoms with Gasteiger partial charge in [0, 0.05) is 32.7 Å². The van der Waals surface area contributed by atoms with Gasteiger partial charge in [-0.3, -0.25) is 4.90 Å². The zero-order valence-electron chi connectivity index (χ0n) is 15.8. The van der Waals surface area contributed by atoms with Crippen molar-refractivity contribution < 1.29 is 14.3 Å². The first-order chi connectivity index (χ1) is 11.7. The molecule has 2 rings (SSSR count). The molecule has 140 valence electrons. The fourth-order valence-electron chi connectivity index (χ4n) is 3.01.